The van der Waals surface area contributed by atoms with Crippen molar-refractivity contribution in [1.82, 2.24) is 15.0 Å². The van der Waals surface area contributed by atoms with E-state index in [1.807, 2.05) is 19.9 Å². The normalized spacial score (nSPS) is 19.0. The summed E-state index contributed by atoms with van der Waals surface area (Å²) < 4.78 is 5.15. The number of thiophene rings is 1. The van der Waals surface area contributed by atoms with Crippen LogP contribution in [0, 0.1) is 18.3 Å². The standard InChI is InChI=1S/C22H29N5O2S/c1-15-12-17(25-29-15)14-26-8-10-27(11-9-26)16(2)21(28)24-22-19(13-23)18-6-4-3-5-7-20(18)30-22/h12,16H,3-11,14H2,1-2H3,(H,24,28)/t16-/m0/s1. The van der Waals surface area contributed by atoms with Crippen LogP contribution in [0.2, 0.25) is 0 Å². The number of aromatic nitrogens is 1. The summed E-state index contributed by atoms with van der Waals surface area (Å²) in [6, 6.07) is 4.09. The molecule has 0 spiro atoms. The highest BCUT2D eigenvalue weighted by molar-refractivity contribution is 7.16. The molecule has 1 aliphatic heterocycles. The van der Waals surface area contributed by atoms with Crippen molar-refractivity contribution in [2.24, 2.45) is 0 Å². The maximum atomic E-state index is 12.9. The number of piperazine rings is 1. The Morgan fingerprint density at radius 3 is 2.77 bits per heavy atom. The second-order valence-electron chi connectivity index (χ2n) is 8.29. The van der Waals surface area contributed by atoms with E-state index in [2.05, 4.69) is 26.3 Å². The molecule has 2 aromatic rings. The van der Waals surface area contributed by atoms with Crippen molar-refractivity contribution in [3.8, 4) is 6.07 Å². The Labute approximate surface area is 181 Å². The number of nitriles is 1. The predicted octanol–water partition coefficient (Wildman–Crippen LogP) is 3.33. The summed E-state index contributed by atoms with van der Waals surface area (Å²) in [6.07, 6.45) is 5.48. The number of aryl methyl sites for hydroxylation is 2. The van der Waals surface area contributed by atoms with Gasteiger partial charge in [0.05, 0.1) is 17.3 Å². The minimum Gasteiger partial charge on any atom is -0.361 e. The molecule has 7 nitrogen and oxygen atoms in total. The van der Waals surface area contributed by atoms with Crippen molar-refractivity contribution < 1.29 is 9.32 Å². The number of carbonyl (C=O) groups is 1. The fraction of sp³-hybridized carbons (Fsp3) is 0.591. The molecule has 1 amide bonds. The average molecular weight is 428 g/mol. The Bertz CT molecular complexity index is 936. The number of nitrogens with zero attached hydrogens (tertiary/aromatic N) is 4. The van der Waals surface area contributed by atoms with Gasteiger partial charge in [-0.1, -0.05) is 11.6 Å². The zero-order valence-electron chi connectivity index (χ0n) is 17.7. The summed E-state index contributed by atoms with van der Waals surface area (Å²) in [5, 5.41) is 17.6. The largest absolute Gasteiger partial charge is 0.361 e. The lowest BCUT2D eigenvalue weighted by Crippen LogP contribution is -2.52. The van der Waals surface area contributed by atoms with Gasteiger partial charge in [0.1, 0.15) is 16.8 Å². The molecular weight excluding hydrogens is 398 g/mol. The number of nitrogens with one attached hydrogen (secondary N) is 1. The molecule has 0 radical (unpaired) electrons. The Kier molecular flexibility index (Phi) is 6.52. The fourth-order valence-electron chi connectivity index (χ4n) is 4.36. The van der Waals surface area contributed by atoms with Crippen LogP contribution >= 0.6 is 11.3 Å². The van der Waals surface area contributed by atoms with Crippen LogP contribution in [-0.4, -0.2) is 53.1 Å². The van der Waals surface area contributed by atoms with Crippen LogP contribution in [0.1, 0.15) is 53.6 Å². The van der Waals surface area contributed by atoms with E-state index in [0.717, 1.165) is 68.4 Å². The Morgan fingerprint density at radius 2 is 2.07 bits per heavy atom. The molecule has 8 heteroatoms. The third kappa shape index (κ3) is 4.59. The van der Waals surface area contributed by atoms with E-state index in [1.54, 1.807) is 11.3 Å². The summed E-state index contributed by atoms with van der Waals surface area (Å²) in [4.78, 5) is 18.8. The molecule has 2 aromatic heterocycles. The Balaban J connectivity index is 1.34. The van der Waals surface area contributed by atoms with Crippen molar-refractivity contribution in [3.05, 3.63) is 33.5 Å². The fourth-order valence-corrected chi connectivity index (χ4v) is 5.60. The summed E-state index contributed by atoms with van der Waals surface area (Å²) in [7, 11) is 0. The topological polar surface area (TPSA) is 85.4 Å². The zero-order chi connectivity index (χ0) is 21.1. The van der Waals surface area contributed by atoms with Gasteiger partial charge >= 0.3 is 0 Å². The van der Waals surface area contributed by atoms with Gasteiger partial charge in [-0.15, -0.1) is 11.3 Å². The number of hydrogen-bond donors (Lipinski definition) is 1. The van der Waals surface area contributed by atoms with Gasteiger partial charge in [-0.25, -0.2) is 0 Å². The van der Waals surface area contributed by atoms with Gasteiger partial charge in [0.2, 0.25) is 5.91 Å². The van der Waals surface area contributed by atoms with Gasteiger partial charge in [-0.2, -0.15) is 5.26 Å². The number of fused-ring (bicyclic) bond motifs is 1. The summed E-state index contributed by atoms with van der Waals surface area (Å²) in [5.74, 6) is 0.806. The van der Waals surface area contributed by atoms with E-state index in [4.69, 9.17) is 4.52 Å². The molecule has 3 heterocycles. The Morgan fingerprint density at radius 1 is 1.30 bits per heavy atom. The van der Waals surface area contributed by atoms with Crippen LogP contribution < -0.4 is 5.32 Å². The summed E-state index contributed by atoms with van der Waals surface area (Å²) in [6.45, 7) is 8.07. The zero-order valence-corrected chi connectivity index (χ0v) is 18.6. The molecule has 2 aliphatic rings. The SMILES string of the molecule is Cc1cc(CN2CCN([C@@H](C)C(=O)Nc3sc4c(c3C#N)CCCCC4)CC2)no1. The summed E-state index contributed by atoms with van der Waals surface area (Å²) >= 11 is 1.60. The first-order valence-electron chi connectivity index (χ1n) is 10.8. The van der Waals surface area contributed by atoms with Crippen molar-refractivity contribution in [2.45, 2.75) is 58.5 Å². The van der Waals surface area contributed by atoms with Crippen LogP contribution in [0.25, 0.3) is 0 Å². The molecule has 0 bridgehead atoms. The summed E-state index contributed by atoms with van der Waals surface area (Å²) in [5.41, 5.74) is 2.80. The number of hydrogen-bond acceptors (Lipinski definition) is 7. The van der Waals surface area contributed by atoms with E-state index in [1.165, 1.54) is 23.3 Å². The molecule has 160 valence electrons. The maximum Gasteiger partial charge on any atom is 0.242 e. The van der Waals surface area contributed by atoms with Gasteiger partial charge in [-0.3, -0.25) is 14.6 Å². The van der Waals surface area contributed by atoms with Gasteiger partial charge in [0, 0.05) is 43.7 Å². The molecule has 1 fully saturated rings. The molecular formula is C22H29N5O2S. The predicted molar refractivity (Wildman–Crippen MR) is 116 cm³/mol. The van der Waals surface area contributed by atoms with Crippen LogP contribution in [0.15, 0.2) is 10.6 Å². The van der Waals surface area contributed by atoms with Crippen molar-refractivity contribution >= 4 is 22.2 Å². The molecule has 0 unspecified atom stereocenters. The third-order valence-corrected chi connectivity index (χ3v) is 7.37. The van der Waals surface area contributed by atoms with Crippen LogP contribution in [0.4, 0.5) is 5.00 Å². The average Bonchev–Trinajstić information content (AvgIpc) is 3.21. The lowest BCUT2D eigenvalue weighted by molar-refractivity contribution is -0.121. The minimum atomic E-state index is -0.227. The number of rotatable bonds is 5. The van der Waals surface area contributed by atoms with Crippen molar-refractivity contribution in [3.63, 3.8) is 0 Å². The number of carbonyl (C=O) groups excluding carboxylic acids is 1. The van der Waals surface area contributed by atoms with Crippen molar-refractivity contribution in [2.75, 3.05) is 31.5 Å². The monoisotopic (exact) mass is 427 g/mol. The van der Waals surface area contributed by atoms with E-state index >= 15 is 0 Å². The van der Waals surface area contributed by atoms with E-state index in [0.29, 0.717) is 5.56 Å². The third-order valence-electron chi connectivity index (χ3n) is 6.17. The minimum absolute atomic E-state index is 0.0246. The molecule has 4 rings (SSSR count). The van der Waals surface area contributed by atoms with Crippen LogP contribution in [-0.2, 0) is 24.2 Å². The second kappa shape index (κ2) is 9.29. The molecule has 0 saturated carbocycles. The maximum absolute atomic E-state index is 12.9. The van der Waals surface area contributed by atoms with Gasteiger partial charge < -0.3 is 9.84 Å². The highest BCUT2D eigenvalue weighted by Crippen LogP contribution is 2.37. The number of amides is 1. The van der Waals surface area contributed by atoms with E-state index in [9.17, 15) is 10.1 Å². The molecule has 1 aliphatic carbocycles. The lowest BCUT2D eigenvalue weighted by atomic mass is 10.1. The Hall–Kier alpha value is -2.21. The van der Waals surface area contributed by atoms with E-state index < -0.39 is 0 Å². The molecule has 30 heavy (non-hydrogen) atoms. The number of anilines is 1. The quantitative estimate of drug-likeness (QED) is 0.737. The van der Waals surface area contributed by atoms with Gasteiger partial charge in [0.15, 0.2) is 0 Å². The lowest BCUT2D eigenvalue weighted by Gasteiger charge is -2.37. The van der Waals surface area contributed by atoms with Crippen LogP contribution in [0.5, 0.6) is 0 Å². The van der Waals surface area contributed by atoms with Crippen LogP contribution in [0.3, 0.4) is 0 Å². The van der Waals surface area contributed by atoms with Crippen molar-refractivity contribution in [1.29, 1.82) is 5.26 Å². The highest BCUT2D eigenvalue weighted by Gasteiger charge is 2.28. The highest BCUT2D eigenvalue weighted by atomic mass is 32.1. The first-order chi connectivity index (χ1) is 14.5. The molecule has 1 saturated heterocycles. The smallest absolute Gasteiger partial charge is 0.242 e. The first kappa shape index (κ1) is 21.0. The first-order valence-corrected chi connectivity index (χ1v) is 11.6. The molecule has 1 N–H and O–H groups in total. The molecule has 1 atom stereocenters. The van der Waals surface area contributed by atoms with E-state index in [-0.39, 0.29) is 11.9 Å². The van der Waals surface area contributed by atoms with Gasteiger partial charge in [-0.05, 0) is 45.1 Å². The molecule has 0 aromatic carbocycles. The van der Waals surface area contributed by atoms with Gasteiger partial charge in [0.25, 0.3) is 0 Å². The second-order valence-corrected chi connectivity index (χ2v) is 9.39.